The minimum atomic E-state index is -0.822. The number of fused-ring (bicyclic) bond motifs is 6. The van der Waals surface area contributed by atoms with Gasteiger partial charge in [-0.05, 0) is 43.2 Å². The van der Waals surface area contributed by atoms with Crippen molar-refractivity contribution in [3.05, 3.63) is 29.8 Å². The summed E-state index contributed by atoms with van der Waals surface area (Å²) in [5.41, 5.74) is -0.310. The highest BCUT2D eigenvalue weighted by Gasteiger charge is 2.61. The first-order valence-electron chi connectivity index (χ1n) is 11.2. The van der Waals surface area contributed by atoms with Crippen LogP contribution in [0.2, 0.25) is 0 Å². The van der Waals surface area contributed by atoms with Gasteiger partial charge in [0, 0.05) is 25.9 Å². The van der Waals surface area contributed by atoms with E-state index in [0.717, 1.165) is 19.3 Å². The molecule has 3 aliphatic heterocycles. The Morgan fingerprint density at radius 2 is 1.68 bits per heavy atom. The number of para-hydroxylation sites is 1. The second kappa shape index (κ2) is 6.55. The van der Waals surface area contributed by atoms with E-state index in [1.165, 1.54) is 4.90 Å². The molecule has 6 rings (SSSR count). The summed E-state index contributed by atoms with van der Waals surface area (Å²) in [6.07, 6.45) is 3.94. The van der Waals surface area contributed by atoms with E-state index in [1.54, 1.807) is 23.1 Å². The molecule has 162 valence electrons. The minimum absolute atomic E-state index is 0.150. The summed E-state index contributed by atoms with van der Waals surface area (Å²) < 4.78 is 6.12. The number of imide groups is 1. The van der Waals surface area contributed by atoms with Crippen LogP contribution in [0.1, 0.15) is 42.5 Å². The number of likely N-dealkylation sites (tertiary alicyclic amines) is 2. The molecular weight excluding hydrogens is 398 g/mol. The Morgan fingerprint density at radius 1 is 1.03 bits per heavy atom. The van der Waals surface area contributed by atoms with Crippen molar-refractivity contribution >= 4 is 23.6 Å². The number of ether oxygens (including phenoxy) is 1. The van der Waals surface area contributed by atoms with Gasteiger partial charge in [0.2, 0.25) is 17.7 Å². The first-order chi connectivity index (χ1) is 15.0. The van der Waals surface area contributed by atoms with E-state index in [4.69, 9.17) is 4.74 Å². The number of nitrogens with one attached hydrogen (secondary N) is 1. The van der Waals surface area contributed by atoms with Crippen LogP contribution in [0.25, 0.3) is 0 Å². The molecule has 4 fully saturated rings. The minimum Gasteiger partial charge on any atom is -0.467 e. The summed E-state index contributed by atoms with van der Waals surface area (Å²) in [5.74, 6) is 0.104. The zero-order valence-corrected chi connectivity index (χ0v) is 17.2. The van der Waals surface area contributed by atoms with Crippen LogP contribution in [0.5, 0.6) is 5.75 Å². The SMILES string of the molecule is O=C1NC2(CCN(C(=O)CN3C(=O)C4C5CCC(C5)C4C3=O)CC2)Oc2ccccc21. The van der Waals surface area contributed by atoms with E-state index in [-0.39, 0.29) is 42.0 Å². The number of carbonyl (C=O) groups excluding carboxylic acids is 4. The van der Waals surface area contributed by atoms with Crippen LogP contribution in [0.4, 0.5) is 0 Å². The Kier molecular flexibility index (Phi) is 3.98. The fourth-order valence-electron chi connectivity index (χ4n) is 6.46. The van der Waals surface area contributed by atoms with Gasteiger partial charge in [-0.2, -0.15) is 0 Å². The molecule has 1 aromatic rings. The fraction of sp³-hybridized carbons (Fsp3) is 0.565. The Balaban J connectivity index is 1.11. The van der Waals surface area contributed by atoms with Crippen LogP contribution in [0, 0.1) is 23.7 Å². The third-order valence-electron chi connectivity index (χ3n) is 8.01. The van der Waals surface area contributed by atoms with Gasteiger partial charge in [-0.25, -0.2) is 0 Å². The Bertz CT molecular complexity index is 971. The number of piperidine rings is 1. The lowest BCUT2D eigenvalue weighted by molar-refractivity contribution is -0.148. The van der Waals surface area contributed by atoms with Gasteiger partial charge in [0.05, 0.1) is 17.4 Å². The molecule has 2 bridgehead atoms. The molecular formula is C23H25N3O5. The molecule has 2 saturated carbocycles. The molecule has 4 atom stereocenters. The summed E-state index contributed by atoms with van der Waals surface area (Å²) in [5, 5.41) is 2.96. The number of nitrogens with zero attached hydrogens (tertiary/aromatic N) is 2. The predicted molar refractivity (Wildman–Crippen MR) is 108 cm³/mol. The molecule has 0 aromatic heterocycles. The van der Waals surface area contributed by atoms with E-state index in [1.807, 2.05) is 6.07 Å². The molecule has 1 N–H and O–H groups in total. The van der Waals surface area contributed by atoms with E-state index >= 15 is 0 Å². The van der Waals surface area contributed by atoms with Crippen molar-refractivity contribution in [2.24, 2.45) is 23.7 Å². The number of carbonyl (C=O) groups is 4. The molecule has 1 aromatic carbocycles. The number of hydrogen-bond acceptors (Lipinski definition) is 5. The van der Waals surface area contributed by atoms with Crippen molar-refractivity contribution in [2.75, 3.05) is 19.6 Å². The first kappa shape index (κ1) is 18.8. The van der Waals surface area contributed by atoms with Crippen molar-refractivity contribution in [1.82, 2.24) is 15.1 Å². The van der Waals surface area contributed by atoms with Gasteiger partial charge in [-0.1, -0.05) is 12.1 Å². The van der Waals surface area contributed by atoms with Crippen LogP contribution in [0.15, 0.2) is 24.3 Å². The zero-order chi connectivity index (χ0) is 21.3. The van der Waals surface area contributed by atoms with Gasteiger partial charge in [0.15, 0.2) is 5.72 Å². The average Bonchev–Trinajstić information content (AvgIpc) is 3.44. The maximum absolute atomic E-state index is 12.9. The predicted octanol–water partition coefficient (Wildman–Crippen LogP) is 1.16. The Morgan fingerprint density at radius 3 is 2.35 bits per heavy atom. The third-order valence-corrected chi connectivity index (χ3v) is 8.01. The molecule has 8 heteroatoms. The van der Waals surface area contributed by atoms with Crippen molar-refractivity contribution in [1.29, 1.82) is 0 Å². The van der Waals surface area contributed by atoms with E-state index in [9.17, 15) is 19.2 Å². The summed E-state index contributed by atoms with van der Waals surface area (Å²) in [7, 11) is 0. The largest absolute Gasteiger partial charge is 0.467 e. The lowest BCUT2D eigenvalue weighted by Crippen LogP contribution is -2.62. The van der Waals surface area contributed by atoms with Crippen molar-refractivity contribution in [2.45, 2.75) is 37.8 Å². The fourth-order valence-corrected chi connectivity index (χ4v) is 6.46. The number of benzene rings is 1. The lowest BCUT2D eigenvalue weighted by atomic mass is 9.81. The monoisotopic (exact) mass is 423 g/mol. The lowest BCUT2D eigenvalue weighted by Gasteiger charge is -2.44. The number of amides is 4. The smallest absolute Gasteiger partial charge is 0.258 e. The van der Waals surface area contributed by atoms with Crippen LogP contribution >= 0.6 is 0 Å². The Hall–Kier alpha value is -2.90. The van der Waals surface area contributed by atoms with E-state index < -0.39 is 5.72 Å². The molecule has 4 unspecified atom stereocenters. The molecule has 3 heterocycles. The maximum atomic E-state index is 12.9. The molecule has 8 nitrogen and oxygen atoms in total. The zero-order valence-electron chi connectivity index (χ0n) is 17.2. The molecule has 31 heavy (non-hydrogen) atoms. The van der Waals surface area contributed by atoms with E-state index in [0.29, 0.717) is 49.1 Å². The number of rotatable bonds is 2. The topological polar surface area (TPSA) is 96.0 Å². The molecule has 5 aliphatic rings. The summed E-state index contributed by atoms with van der Waals surface area (Å²) >= 11 is 0. The van der Waals surface area contributed by atoms with Gasteiger partial charge in [-0.3, -0.25) is 24.1 Å². The van der Waals surface area contributed by atoms with Crippen molar-refractivity contribution < 1.29 is 23.9 Å². The maximum Gasteiger partial charge on any atom is 0.258 e. The molecule has 2 saturated heterocycles. The van der Waals surface area contributed by atoms with Crippen LogP contribution in [-0.4, -0.2) is 58.8 Å². The van der Waals surface area contributed by atoms with Crippen molar-refractivity contribution in [3.63, 3.8) is 0 Å². The van der Waals surface area contributed by atoms with Gasteiger partial charge >= 0.3 is 0 Å². The Labute approximate surface area is 179 Å². The second-order valence-corrected chi connectivity index (χ2v) is 9.57. The highest BCUT2D eigenvalue weighted by molar-refractivity contribution is 6.08. The summed E-state index contributed by atoms with van der Waals surface area (Å²) in [6.45, 7) is 0.623. The van der Waals surface area contributed by atoms with E-state index in [2.05, 4.69) is 5.32 Å². The van der Waals surface area contributed by atoms with Crippen LogP contribution < -0.4 is 10.1 Å². The third kappa shape index (κ3) is 2.73. The highest BCUT2D eigenvalue weighted by atomic mass is 16.5. The quantitative estimate of drug-likeness (QED) is 0.720. The van der Waals surface area contributed by atoms with Crippen LogP contribution in [-0.2, 0) is 14.4 Å². The van der Waals surface area contributed by atoms with Gasteiger partial charge in [-0.15, -0.1) is 0 Å². The van der Waals surface area contributed by atoms with Crippen LogP contribution in [0.3, 0.4) is 0 Å². The van der Waals surface area contributed by atoms with Crippen molar-refractivity contribution in [3.8, 4) is 5.75 Å². The highest BCUT2D eigenvalue weighted by Crippen LogP contribution is 2.56. The molecule has 1 spiro atoms. The normalized spacial score (nSPS) is 32.7. The summed E-state index contributed by atoms with van der Waals surface area (Å²) in [4.78, 5) is 54.0. The first-order valence-corrected chi connectivity index (χ1v) is 11.2. The second-order valence-electron chi connectivity index (χ2n) is 9.57. The summed E-state index contributed by atoms with van der Waals surface area (Å²) in [6, 6.07) is 7.13. The average molecular weight is 423 g/mol. The standard InChI is InChI=1S/C23H25N3O5/c27-17(12-26-21(29)18-13-5-6-14(11-13)19(18)22(26)30)25-9-7-23(8-10-25)24-20(28)15-3-1-2-4-16(15)31-23/h1-4,13-14,18-19H,5-12H2,(H,24,28). The molecule has 0 radical (unpaired) electrons. The van der Waals surface area contributed by atoms with Gasteiger partial charge < -0.3 is 15.0 Å². The molecule has 4 amide bonds. The van der Waals surface area contributed by atoms with Gasteiger partial charge in [0.1, 0.15) is 12.3 Å². The molecule has 2 aliphatic carbocycles. The number of hydrogen-bond donors (Lipinski definition) is 1. The van der Waals surface area contributed by atoms with Gasteiger partial charge in [0.25, 0.3) is 5.91 Å².